The molecule has 0 aromatic heterocycles. The van der Waals surface area contributed by atoms with Crippen molar-refractivity contribution in [1.82, 2.24) is 4.90 Å². The van der Waals surface area contributed by atoms with Gasteiger partial charge in [0.2, 0.25) is 5.91 Å². The first-order valence-corrected chi connectivity index (χ1v) is 6.63. The molecule has 1 aromatic carbocycles. The highest BCUT2D eigenvalue weighted by molar-refractivity contribution is 7.80. The Bertz CT molecular complexity index is 463. The maximum atomic E-state index is 13.5. The van der Waals surface area contributed by atoms with Gasteiger partial charge in [0.15, 0.2) is 0 Å². The third kappa shape index (κ3) is 4.95. The number of nitrogens with two attached hydrogens (primary N) is 1. The number of rotatable bonds is 6. The Balaban J connectivity index is 2.72. The quantitative estimate of drug-likeness (QED) is 0.814. The van der Waals surface area contributed by atoms with E-state index in [1.807, 2.05) is 13.8 Å². The highest BCUT2D eigenvalue weighted by Gasteiger charge is 2.18. The number of halogens is 1. The minimum absolute atomic E-state index is 0.0358. The molecule has 0 heterocycles. The number of hydrogen-bond donors (Lipinski definition) is 1. The number of thiocarbonyl (C=S) groups is 1. The summed E-state index contributed by atoms with van der Waals surface area (Å²) in [5, 5.41) is 0. The number of hydrogen-bond acceptors (Lipinski definition) is 2. The van der Waals surface area contributed by atoms with E-state index in [4.69, 9.17) is 18.0 Å². The third-order valence-electron chi connectivity index (χ3n) is 2.84. The first-order valence-electron chi connectivity index (χ1n) is 6.23. The monoisotopic (exact) mass is 282 g/mol. The zero-order valence-corrected chi connectivity index (χ0v) is 12.0. The maximum Gasteiger partial charge on any atom is 0.227 e. The summed E-state index contributed by atoms with van der Waals surface area (Å²) < 4.78 is 13.5. The predicted molar refractivity (Wildman–Crippen MR) is 78.4 cm³/mol. The van der Waals surface area contributed by atoms with Crippen molar-refractivity contribution >= 4 is 23.1 Å². The third-order valence-corrected chi connectivity index (χ3v) is 3.05. The predicted octanol–water partition coefficient (Wildman–Crippen LogP) is 2.28. The van der Waals surface area contributed by atoms with Crippen molar-refractivity contribution in [1.29, 1.82) is 0 Å². The SMILES string of the molecule is CC(C)N(CCC(N)=S)C(=O)Cc1ccccc1F. The van der Waals surface area contributed by atoms with Crippen LogP contribution in [0.1, 0.15) is 25.8 Å². The van der Waals surface area contributed by atoms with Crippen LogP contribution in [0.15, 0.2) is 24.3 Å². The van der Waals surface area contributed by atoms with E-state index >= 15 is 0 Å². The van der Waals surface area contributed by atoms with E-state index in [0.29, 0.717) is 23.5 Å². The van der Waals surface area contributed by atoms with Crippen molar-refractivity contribution < 1.29 is 9.18 Å². The Morgan fingerprint density at radius 2 is 2.05 bits per heavy atom. The first-order chi connectivity index (χ1) is 8.91. The molecule has 0 aliphatic carbocycles. The number of nitrogens with zero attached hydrogens (tertiary/aromatic N) is 1. The molecule has 2 N–H and O–H groups in total. The molecule has 0 saturated carbocycles. The van der Waals surface area contributed by atoms with Crippen molar-refractivity contribution in [3.63, 3.8) is 0 Å². The Hall–Kier alpha value is -1.49. The number of amides is 1. The lowest BCUT2D eigenvalue weighted by atomic mass is 10.1. The summed E-state index contributed by atoms with van der Waals surface area (Å²) in [4.78, 5) is 14.2. The molecule has 0 saturated heterocycles. The van der Waals surface area contributed by atoms with E-state index in [-0.39, 0.29) is 24.2 Å². The lowest BCUT2D eigenvalue weighted by Gasteiger charge is -2.26. The van der Waals surface area contributed by atoms with Gasteiger partial charge in [-0.25, -0.2) is 4.39 Å². The van der Waals surface area contributed by atoms with Gasteiger partial charge in [-0.1, -0.05) is 30.4 Å². The maximum absolute atomic E-state index is 13.5. The van der Waals surface area contributed by atoms with Gasteiger partial charge in [0.1, 0.15) is 5.82 Å². The van der Waals surface area contributed by atoms with Gasteiger partial charge in [-0.05, 0) is 25.5 Å². The molecule has 0 radical (unpaired) electrons. The topological polar surface area (TPSA) is 46.3 Å². The average Bonchev–Trinajstić information content (AvgIpc) is 2.31. The molecule has 0 unspecified atom stereocenters. The Labute approximate surface area is 118 Å². The fourth-order valence-corrected chi connectivity index (χ4v) is 1.90. The molecule has 0 spiro atoms. The molecule has 19 heavy (non-hydrogen) atoms. The van der Waals surface area contributed by atoms with Gasteiger partial charge in [-0.15, -0.1) is 0 Å². The van der Waals surface area contributed by atoms with Crippen LogP contribution in [0.4, 0.5) is 4.39 Å². The van der Waals surface area contributed by atoms with Gasteiger partial charge in [0, 0.05) is 19.0 Å². The van der Waals surface area contributed by atoms with Crippen LogP contribution in [0, 0.1) is 5.82 Å². The molecule has 0 fully saturated rings. The summed E-state index contributed by atoms with van der Waals surface area (Å²) >= 11 is 4.82. The second-order valence-electron chi connectivity index (χ2n) is 4.67. The normalized spacial score (nSPS) is 10.5. The van der Waals surface area contributed by atoms with Crippen molar-refractivity contribution in [3.05, 3.63) is 35.6 Å². The van der Waals surface area contributed by atoms with Gasteiger partial charge in [0.25, 0.3) is 0 Å². The Morgan fingerprint density at radius 3 is 2.58 bits per heavy atom. The van der Waals surface area contributed by atoms with Gasteiger partial charge < -0.3 is 10.6 Å². The van der Waals surface area contributed by atoms with Gasteiger partial charge >= 0.3 is 0 Å². The van der Waals surface area contributed by atoms with Crippen LogP contribution in [-0.2, 0) is 11.2 Å². The summed E-state index contributed by atoms with van der Waals surface area (Å²) in [6, 6.07) is 6.35. The summed E-state index contributed by atoms with van der Waals surface area (Å²) in [5.41, 5.74) is 5.86. The molecule has 0 bridgehead atoms. The largest absolute Gasteiger partial charge is 0.393 e. The van der Waals surface area contributed by atoms with Crippen LogP contribution in [0.2, 0.25) is 0 Å². The fourth-order valence-electron chi connectivity index (χ4n) is 1.81. The Kier molecular flexibility index (Phi) is 5.89. The second kappa shape index (κ2) is 7.19. The van der Waals surface area contributed by atoms with Crippen molar-refractivity contribution in [3.8, 4) is 0 Å². The lowest BCUT2D eigenvalue weighted by molar-refractivity contribution is -0.132. The number of carbonyl (C=O) groups excluding carboxylic acids is 1. The molecular formula is C14H19FN2OS. The smallest absolute Gasteiger partial charge is 0.227 e. The van der Waals surface area contributed by atoms with Crippen LogP contribution in [0.5, 0.6) is 0 Å². The van der Waals surface area contributed by atoms with E-state index in [9.17, 15) is 9.18 Å². The summed E-state index contributed by atoms with van der Waals surface area (Å²) in [7, 11) is 0. The number of benzene rings is 1. The van der Waals surface area contributed by atoms with Gasteiger partial charge in [0.05, 0.1) is 11.4 Å². The van der Waals surface area contributed by atoms with Crippen molar-refractivity contribution in [2.45, 2.75) is 32.7 Å². The fraction of sp³-hybridized carbons (Fsp3) is 0.429. The zero-order valence-electron chi connectivity index (χ0n) is 11.2. The van der Waals surface area contributed by atoms with E-state index < -0.39 is 0 Å². The van der Waals surface area contributed by atoms with Crippen molar-refractivity contribution in [2.75, 3.05) is 6.54 Å². The van der Waals surface area contributed by atoms with Crippen LogP contribution in [0.3, 0.4) is 0 Å². The summed E-state index contributed by atoms with van der Waals surface area (Å²) in [5.74, 6) is -0.467. The molecular weight excluding hydrogens is 263 g/mol. The molecule has 104 valence electrons. The standard InChI is InChI=1S/C14H19FN2OS/c1-10(2)17(8-7-13(16)19)14(18)9-11-5-3-4-6-12(11)15/h3-6,10H,7-9H2,1-2H3,(H2,16,19). The second-order valence-corrected chi connectivity index (χ2v) is 5.19. The summed E-state index contributed by atoms with van der Waals surface area (Å²) in [6.07, 6.45) is 0.540. The summed E-state index contributed by atoms with van der Waals surface area (Å²) in [6.45, 7) is 4.30. The molecule has 1 amide bonds. The van der Waals surface area contributed by atoms with Crippen LogP contribution < -0.4 is 5.73 Å². The van der Waals surface area contributed by atoms with Gasteiger partial charge in [-0.2, -0.15) is 0 Å². The average molecular weight is 282 g/mol. The first kappa shape index (κ1) is 15.6. The number of carbonyl (C=O) groups is 1. The minimum Gasteiger partial charge on any atom is -0.393 e. The Morgan fingerprint density at radius 1 is 1.42 bits per heavy atom. The minimum atomic E-state index is -0.353. The van der Waals surface area contributed by atoms with E-state index in [1.54, 1.807) is 23.1 Å². The lowest BCUT2D eigenvalue weighted by Crippen LogP contribution is -2.40. The molecule has 5 heteroatoms. The van der Waals surface area contributed by atoms with Crippen LogP contribution in [0.25, 0.3) is 0 Å². The molecule has 3 nitrogen and oxygen atoms in total. The highest BCUT2D eigenvalue weighted by Crippen LogP contribution is 2.10. The highest BCUT2D eigenvalue weighted by atomic mass is 32.1. The van der Waals surface area contributed by atoms with E-state index in [2.05, 4.69) is 0 Å². The van der Waals surface area contributed by atoms with Gasteiger partial charge in [-0.3, -0.25) is 4.79 Å². The van der Waals surface area contributed by atoms with E-state index in [1.165, 1.54) is 6.07 Å². The van der Waals surface area contributed by atoms with Crippen LogP contribution in [-0.4, -0.2) is 28.4 Å². The molecule has 0 atom stereocenters. The van der Waals surface area contributed by atoms with Crippen LogP contribution >= 0.6 is 12.2 Å². The molecule has 0 aliphatic rings. The molecule has 0 aliphatic heterocycles. The molecule has 1 rings (SSSR count). The zero-order chi connectivity index (χ0) is 14.4. The van der Waals surface area contributed by atoms with Crippen molar-refractivity contribution in [2.24, 2.45) is 5.73 Å². The molecule has 1 aromatic rings. The van der Waals surface area contributed by atoms with E-state index in [0.717, 1.165) is 0 Å².